The first-order chi connectivity index (χ1) is 22.4. The van der Waals surface area contributed by atoms with Crippen LogP contribution in [-0.4, -0.2) is 65.4 Å². The zero-order valence-corrected chi connectivity index (χ0v) is 27.5. The molecule has 0 fully saturated rings. The molecule has 0 N–H and O–H groups in total. The maximum absolute atomic E-state index is 6.95. The van der Waals surface area contributed by atoms with Crippen molar-refractivity contribution in [2.24, 2.45) is 0 Å². The number of benzene rings is 4. The minimum Gasteiger partial charge on any atom is -0.493 e. The molecule has 0 saturated carbocycles. The van der Waals surface area contributed by atoms with Crippen LogP contribution in [0.2, 0.25) is 0 Å². The molecular weight excluding hydrogens is 580 g/mol. The van der Waals surface area contributed by atoms with Crippen LogP contribution in [0.25, 0.3) is 0 Å². The zero-order valence-electron chi connectivity index (χ0n) is 27.5. The highest BCUT2D eigenvalue weighted by molar-refractivity contribution is 5.63. The average Bonchev–Trinajstić information content (AvgIpc) is 3.07. The van der Waals surface area contributed by atoms with E-state index in [1.165, 1.54) is 22.3 Å². The minimum absolute atomic E-state index is 0.111. The Morgan fingerprint density at radius 2 is 1.26 bits per heavy atom. The van der Waals surface area contributed by atoms with E-state index in [-0.39, 0.29) is 12.1 Å². The maximum atomic E-state index is 6.95. The van der Waals surface area contributed by atoms with E-state index >= 15 is 0 Å². The van der Waals surface area contributed by atoms with E-state index < -0.39 is 0 Å². The number of rotatable bonds is 4. The van der Waals surface area contributed by atoms with Crippen molar-refractivity contribution in [3.05, 3.63) is 94.0 Å². The number of hydrogen-bond acceptors (Lipinski definition) is 8. The van der Waals surface area contributed by atoms with Crippen molar-refractivity contribution < 1.29 is 28.4 Å². The molecule has 4 aliphatic heterocycles. The fourth-order valence-corrected chi connectivity index (χ4v) is 7.27. The molecule has 0 aliphatic carbocycles. The Hall–Kier alpha value is -4.40. The number of fused-ring (bicyclic) bond motifs is 2. The van der Waals surface area contributed by atoms with Crippen molar-refractivity contribution in [1.29, 1.82) is 0 Å². The molecular formula is C38H42N2O6. The molecule has 4 heterocycles. The highest BCUT2D eigenvalue weighted by atomic mass is 16.5. The molecule has 0 radical (unpaired) electrons. The average molecular weight is 623 g/mol. The summed E-state index contributed by atoms with van der Waals surface area (Å²) in [5.41, 5.74) is 7.17. The Kier molecular flexibility index (Phi) is 8.17. The van der Waals surface area contributed by atoms with Crippen LogP contribution in [0.1, 0.15) is 45.5 Å². The summed E-state index contributed by atoms with van der Waals surface area (Å²) < 4.78 is 37.0. The Labute approximate surface area is 271 Å². The molecule has 10 bridgehead atoms. The zero-order chi connectivity index (χ0) is 31.9. The van der Waals surface area contributed by atoms with Gasteiger partial charge in [-0.2, -0.15) is 0 Å². The lowest BCUT2D eigenvalue weighted by atomic mass is 9.87. The van der Waals surface area contributed by atoms with Crippen LogP contribution >= 0.6 is 0 Å². The van der Waals surface area contributed by atoms with Gasteiger partial charge in [0.15, 0.2) is 34.5 Å². The van der Waals surface area contributed by atoms with E-state index in [2.05, 4.69) is 66.4 Å². The highest BCUT2D eigenvalue weighted by Gasteiger charge is 2.33. The second-order valence-electron chi connectivity index (χ2n) is 12.4. The molecule has 0 aromatic heterocycles. The Bertz CT molecular complexity index is 1750. The van der Waals surface area contributed by atoms with Crippen LogP contribution in [0.3, 0.4) is 0 Å². The SMILES string of the molecule is COc1ccc2cc1Oc1ccc(cc1)CC1c3cc(OC)c(OC)c(c3CCN1C)Oc1cc3c(cc1OC)CCN(C)C3C2. The standard InChI is InChI=1S/C38H42N2O6/c1-39-15-13-25-20-33(42-4)35-21-28(25)30(39)18-24-9-12-32(41-3)34(19-24)45-26-10-7-23(8-11-26)17-31-29-22-36(43-5)38(44-6)37(46-35)27(29)14-16-40(31)2/h7-12,19-22,30-31H,13-18H2,1-6H3. The van der Waals surface area contributed by atoms with Crippen LogP contribution in [0.5, 0.6) is 46.0 Å². The molecule has 0 amide bonds. The Morgan fingerprint density at radius 1 is 0.609 bits per heavy atom. The first-order valence-electron chi connectivity index (χ1n) is 15.9. The van der Waals surface area contributed by atoms with Gasteiger partial charge in [-0.1, -0.05) is 18.2 Å². The molecule has 8 nitrogen and oxygen atoms in total. The monoisotopic (exact) mass is 622 g/mol. The number of nitrogens with zero attached hydrogens (tertiary/aromatic N) is 2. The maximum Gasteiger partial charge on any atom is 0.204 e. The van der Waals surface area contributed by atoms with Crippen LogP contribution in [0.4, 0.5) is 0 Å². The van der Waals surface area contributed by atoms with Crippen molar-refractivity contribution >= 4 is 0 Å². The predicted octanol–water partition coefficient (Wildman–Crippen LogP) is 7.16. The molecule has 0 spiro atoms. The van der Waals surface area contributed by atoms with Gasteiger partial charge in [0.2, 0.25) is 5.75 Å². The van der Waals surface area contributed by atoms with E-state index in [1.54, 1.807) is 28.4 Å². The van der Waals surface area contributed by atoms with E-state index in [0.717, 1.165) is 55.6 Å². The molecule has 2 unspecified atom stereocenters. The quantitative estimate of drug-likeness (QED) is 0.238. The van der Waals surface area contributed by atoms with Crippen LogP contribution < -0.4 is 28.4 Å². The summed E-state index contributed by atoms with van der Waals surface area (Å²) in [7, 11) is 11.1. The summed E-state index contributed by atoms with van der Waals surface area (Å²) in [6, 6.07) is 21.3. The van der Waals surface area contributed by atoms with Gasteiger partial charge in [-0.05, 0) is 110 Å². The summed E-state index contributed by atoms with van der Waals surface area (Å²) in [6.07, 6.45) is 3.35. The smallest absolute Gasteiger partial charge is 0.204 e. The van der Waals surface area contributed by atoms with Crippen molar-refractivity contribution in [1.82, 2.24) is 9.80 Å². The molecule has 240 valence electrons. The van der Waals surface area contributed by atoms with Gasteiger partial charge >= 0.3 is 0 Å². The molecule has 4 aromatic carbocycles. The first kappa shape index (κ1) is 30.3. The van der Waals surface area contributed by atoms with Gasteiger partial charge in [0.25, 0.3) is 0 Å². The molecule has 8 heteroatoms. The molecule has 4 aliphatic rings. The molecule has 8 rings (SSSR count). The first-order valence-corrected chi connectivity index (χ1v) is 15.9. The molecule has 2 atom stereocenters. The molecule has 46 heavy (non-hydrogen) atoms. The van der Waals surface area contributed by atoms with E-state index in [0.29, 0.717) is 40.2 Å². The van der Waals surface area contributed by atoms with Crippen LogP contribution in [0.15, 0.2) is 60.7 Å². The number of likely N-dealkylation sites (N-methyl/N-ethyl adjacent to an activating group) is 2. The normalized spacial score (nSPS) is 19.2. The van der Waals surface area contributed by atoms with Gasteiger partial charge in [0.05, 0.1) is 28.4 Å². The fraction of sp³-hybridized carbons (Fsp3) is 0.368. The summed E-state index contributed by atoms with van der Waals surface area (Å²) in [4.78, 5) is 4.82. The van der Waals surface area contributed by atoms with Gasteiger partial charge in [0.1, 0.15) is 5.75 Å². The minimum atomic E-state index is 0.111. The van der Waals surface area contributed by atoms with E-state index in [1.807, 2.05) is 18.2 Å². The third kappa shape index (κ3) is 5.39. The van der Waals surface area contributed by atoms with Crippen LogP contribution in [0, 0.1) is 0 Å². The third-order valence-electron chi connectivity index (χ3n) is 9.87. The summed E-state index contributed by atoms with van der Waals surface area (Å²) >= 11 is 0. The Balaban J connectivity index is 1.45. The Morgan fingerprint density at radius 3 is 1.98 bits per heavy atom. The largest absolute Gasteiger partial charge is 0.493 e. The van der Waals surface area contributed by atoms with Crippen molar-refractivity contribution in [2.45, 2.75) is 37.8 Å². The summed E-state index contributed by atoms with van der Waals surface area (Å²) in [5.74, 6) is 5.48. The van der Waals surface area contributed by atoms with Gasteiger partial charge < -0.3 is 28.4 Å². The van der Waals surface area contributed by atoms with Crippen LogP contribution in [-0.2, 0) is 25.7 Å². The predicted molar refractivity (Wildman–Crippen MR) is 178 cm³/mol. The lowest BCUT2D eigenvalue weighted by molar-refractivity contribution is 0.224. The molecule has 0 saturated heterocycles. The molecule has 4 aromatic rings. The second kappa shape index (κ2) is 12.4. The van der Waals surface area contributed by atoms with Gasteiger partial charge in [-0.3, -0.25) is 9.80 Å². The van der Waals surface area contributed by atoms with Gasteiger partial charge in [-0.25, -0.2) is 0 Å². The third-order valence-corrected chi connectivity index (χ3v) is 9.87. The lowest BCUT2D eigenvalue weighted by Crippen LogP contribution is -2.34. The van der Waals surface area contributed by atoms with Crippen molar-refractivity contribution in [3.8, 4) is 46.0 Å². The van der Waals surface area contributed by atoms with Crippen molar-refractivity contribution in [2.75, 3.05) is 55.6 Å². The second-order valence-corrected chi connectivity index (χ2v) is 12.4. The fourth-order valence-electron chi connectivity index (χ4n) is 7.27. The van der Waals surface area contributed by atoms with Gasteiger partial charge in [0, 0.05) is 30.7 Å². The van der Waals surface area contributed by atoms with Crippen molar-refractivity contribution in [3.63, 3.8) is 0 Å². The highest BCUT2D eigenvalue weighted by Crippen LogP contribution is 2.51. The number of ether oxygens (including phenoxy) is 6. The van der Waals surface area contributed by atoms with E-state index in [9.17, 15) is 0 Å². The lowest BCUT2D eigenvalue weighted by Gasteiger charge is -2.37. The van der Waals surface area contributed by atoms with E-state index in [4.69, 9.17) is 28.4 Å². The summed E-state index contributed by atoms with van der Waals surface area (Å²) in [6.45, 7) is 1.83. The number of hydrogen-bond donors (Lipinski definition) is 0. The van der Waals surface area contributed by atoms with Gasteiger partial charge in [-0.15, -0.1) is 0 Å². The topological polar surface area (TPSA) is 61.9 Å². The summed E-state index contributed by atoms with van der Waals surface area (Å²) in [5, 5.41) is 0. The number of methoxy groups -OCH3 is 4.